The summed E-state index contributed by atoms with van der Waals surface area (Å²) in [5.41, 5.74) is 0. The Bertz CT molecular complexity index is 757. The second kappa shape index (κ2) is 21.1. The fraction of sp³-hybridized carbons (Fsp3) is 0.800. The van der Waals surface area contributed by atoms with Crippen molar-refractivity contribution < 1.29 is 57.9 Å². The van der Waals surface area contributed by atoms with E-state index < -0.39 is 48.4 Å². The van der Waals surface area contributed by atoms with Crippen molar-refractivity contribution in [3.8, 4) is 0 Å². The van der Waals surface area contributed by atoms with Crippen LogP contribution in [0.25, 0.3) is 0 Å². The van der Waals surface area contributed by atoms with Gasteiger partial charge in [0.2, 0.25) is 11.8 Å². The molecule has 14 nitrogen and oxygen atoms in total. The quantitative estimate of drug-likeness (QED) is 0.0714. The van der Waals surface area contributed by atoms with Gasteiger partial charge in [0.15, 0.2) is 6.29 Å². The number of unbranched alkanes of at least 4 members (excludes halogenated alkanes) is 2. The third-order valence-electron chi connectivity index (χ3n) is 5.23. The number of carbonyl (C=O) groups excluding carboxylic acids is 5. The van der Waals surface area contributed by atoms with Crippen LogP contribution in [0.4, 0.5) is 0 Å². The molecule has 39 heavy (non-hydrogen) atoms. The lowest BCUT2D eigenvalue weighted by atomic mass is 10.2. The lowest BCUT2D eigenvalue weighted by Gasteiger charge is -2.32. The number of aliphatic hydroxyl groups is 2. The Labute approximate surface area is 229 Å². The Hall–Kier alpha value is -2.81. The fourth-order valence-electron chi connectivity index (χ4n) is 3.42. The van der Waals surface area contributed by atoms with Crippen LogP contribution >= 0.6 is 0 Å². The molecule has 0 rings (SSSR count). The first-order chi connectivity index (χ1) is 18.4. The lowest BCUT2D eigenvalue weighted by molar-refractivity contribution is -0.223. The number of rotatable bonds is 21. The van der Waals surface area contributed by atoms with Crippen molar-refractivity contribution in [3.05, 3.63) is 0 Å². The maximum absolute atomic E-state index is 12.3. The first kappa shape index (κ1) is 36.2. The maximum Gasteiger partial charge on any atom is 0.302 e. The van der Waals surface area contributed by atoms with Gasteiger partial charge in [-0.15, -0.1) is 0 Å². The molecule has 0 spiro atoms. The van der Waals surface area contributed by atoms with Crippen LogP contribution in [0, 0.1) is 0 Å². The van der Waals surface area contributed by atoms with Crippen LogP contribution in [0.15, 0.2) is 0 Å². The van der Waals surface area contributed by atoms with Crippen molar-refractivity contribution in [2.75, 3.05) is 46.1 Å². The summed E-state index contributed by atoms with van der Waals surface area (Å²) >= 11 is 0. The lowest BCUT2D eigenvalue weighted by Crippen LogP contribution is -2.51. The summed E-state index contributed by atoms with van der Waals surface area (Å²) in [5, 5.41) is 20.8. The monoisotopic (exact) mass is 564 g/mol. The molecule has 2 unspecified atom stereocenters. The molecule has 0 saturated heterocycles. The van der Waals surface area contributed by atoms with Gasteiger partial charge in [-0.2, -0.15) is 0 Å². The van der Waals surface area contributed by atoms with Crippen molar-refractivity contribution in [1.82, 2.24) is 10.2 Å². The van der Waals surface area contributed by atoms with Gasteiger partial charge in [0, 0.05) is 53.8 Å². The fourth-order valence-corrected chi connectivity index (χ4v) is 3.42. The van der Waals surface area contributed by atoms with Crippen molar-refractivity contribution in [2.24, 2.45) is 0 Å². The Morgan fingerprint density at radius 1 is 0.821 bits per heavy atom. The van der Waals surface area contributed by atoms with Crippen LogP contribution in [-0.4, -0.2) is 115 Å². The Morgan fingerprint density at radius 2 is 1.41 bits per heavy atom. The maximum atomic E-state index is 12.3. The summed E-state index contributed by atoms with van der Waals surface area (Å²) in [7, 11) is 0. The summed E-state index contributed by atoms with van der Waals surface area (Å²) in [6.07, 6.45) is -1.16. The summed E-state index contributed by atoms with van der Waals surface area (Å²) in [5.74, 6) is -2.38. The van der Waals surface area contributed by atoms with E-state index in [9.17, 15) is 24.0 Å². The first-order valence-corrected chi connectivity index (χ1v) is 12.9. The van der Waals surface area contributed by atoms with E-state index in [0.29, 0.717) is 19.3 Å². The smallest absolute Gasteiger partial charge is 0.302 e. The van der Waals surface area contributed by atoms with Gasteiger partial charge in [0.1, 0.15) is 31.5 Å². The van der Waals surface area contributed by atoms with Crippen LogP contribution in [0.5, 0.6) is 0 Å². The van der Waals surface area contributed by atoms with Gasteiger partial charge in [-0.05, 0) is 19.8 Å². The van der Waals surface area contributed by atoms with E-state index in [-0.39, 0.29) is 58.5 Å². The van der Waals surface area contributed by atoms with Crippen LogP contribution in [0.2, 0.25) is 0 Å². The Kier molecular flexibility index (Phi) is 19.5. The van der Waals surface area contributed by atoms with Gasteiger partial charge in [-0.3, -0.25) is 24.0 Å². The number of aliphatic hydroxyl groups excluding tert-OH is 2. The minimum atomic E-state index is -1.18. The Balaban J connectivity index is 5.37. The zero-order valence-electron chi connectivity index (χ0n) is 23.5. The van der Waals surface area contributed by atoms with Gasteiger partial charge >= 0.3 is 17.9 Å². The minimum Gasteiger partial charge on any atom is -0.463 e. The van der Waals surface area contributed by atoms with Crippen LogP contribution in [0.1, 0.15) is 60.3 Å². The number of esters is 3. The van der Waals surface area contributed by atoms with Gasteiger partial charge in [0.25, 0.3) is 0 Å². The number of ether oxygens (including phenoxy) is 5. The number of nitrogens with zero attached hydrogens (tertiary/aromatic N) is 1. The van der Waals surface area contributed by atoms with Crippen molar-refractivity contribution >= 4 is 29.7 Å². The average molecular weight is 565 g/mol. The summed E-state index contributed by atoms with van der Waals surface area (Å²) in [6, 6.07) is -0.942. The highest BCUT2D eigenvalue weighted by Gasteiger charge is 2.32. The molecular weight excluding hydrogens is 520 g/mol. The van der Waals surface area contributed by atoms with Crippen LogP contribution < -0.4 is 5.32 Å². The molecule has 0 aliphatic carbocycles. The summed E-state index contributed by atoms with van der Waals surface area (Å²) in [6.45, 7) is 5.92. The van der Waals surface area contributed by atoms with Gasteiger partial charge in [-0.25, -0.2) is 0 Å². The highest BCUT2D eigenvalue weighted by molar-refractivity contribution is 5.76. The zero-order chi connectivity index (χ0) is 29.8. The number of hydrogen-bond acceptors (Lipinski definition) is 12. The number of hydrogen-bond donors (Lipinski definition) is 3. The molecular formula is C25H44N2O12. The minimum absolute atomic E-state index is 0.133. The topological polar surface area (TPSA) is 187 Å². The average Bonchev–Trinajstić information content (AvgIpc) is 2.83. The van der Waals surface area contributed by atoms with E-state index in [4.69, 9.17) is 33.9 Å². The van der Waals surface area contributed by atoms with Crippen LogP contribution in [-0.2, 0) is 47.7 Å². The largest absolute Gasteiger partial charge is 0.463 e. The summed E-state index contributed by atoms with van der Waals surface area (Å²) in [4.78, 5) is 59.8. The van der Waals surface area contributed by atoms with Crippen molar-refractivity contribution in [2.45, 2.75) is 84.8 Å². The van der Waals surface area contributed by atoms with Gasteiger partial charge in [-0.1, -0.05) is 6.42 Å². The third kappa shape index (κ3) is 18.2. The number of carbonyl (C=O) groups is 5. The molecule has 0 aliphatic rings. The number of amides is 2. The van der Waals surface area contributed by atoms with E-state index in [0.717, 1.165) is 0 Å². The molecule has 0 aromatic rings. The van der Waals surface area contributed by atoms with Gasteiger partial charge in [0.05, 0.1) is 13.2 Å². The molecule has 0 aromatic heterocycles. The van der Waals surface area contributed by atoms with Gasteiger partial charge < -0.3 is 44.1 Å². The van der Waals surface area contributed by atoms with E-state index in [1.54, 1.807) is 6.92 Å². The van der Waals surface area contributed by atoms with Crippen molar-refractivity contribution in [1.29, 1.82) is 0 Å². The molecule has 0 saturated carbocycles. The molecule has 0 aromatic carbocycles. The van der Waals surface area contributed by atoms with Crippen LogP contribution in [0.3, 0.4) is 0 Å². The second-order valence-electron chi connectivity index (χ2n) is 8.78. The molecule has 3 N–H and O–H groups in total. The predicted molar refractivity (Wildman–Crippen MR) is 136 cm³/mol. The van der Waals surface area contributed by atoms with E-state index in [2.05, 4.69) is 5.32 Å². The van der Waals surface area contributed by atoms with E-state index in [1.807, 2.05) is 0 Å². The van der Waals surface area contributed by atoms with Crippen molar-refractivity contribution in [3.63, 3.8) is 0 Å². The molecule has 0 fully saturated rings. The molecule has 0 radical (unpaired) electrons. The molecule has 226 valence electrons. The second-order valence-corrected chi connectivity index (χ2v) is 8.78. The predicted octanol–water partition coefficient (Wildman–Crippen LogP) is -0.330. The highest BCUT2D eigenvalue weighted by atomic mass is 16.7. The number of nitrogens with one attached hydrogen (secondary N) is 1. The first-order valence-electron chi connectivity index (χ1n) is 12.9. The molecule has 4 atom stereocenters. The molecule has 0 aliphatic heterocycles. The third-order valence-corrected chi connectivity index (χ3v) is 5.23. The Morgan fingerprint density at radius 3 is 1.92 bits per heavy atom. The molecule has 14 heteroatoms. The SMILES string of the molecule is CC(=O)N[C@@H](COC(C)=O)C(OCCCCCC(=O)N(CCO)CCO)OC(COC(C)=O)[C@@H](C)OC(C)=O. The van der Waals surface area contributed by atoms with E-state index >= 15 is 0 Å². The highest BCUT2D eigenvalue weighted by Crippen LogP contribution is 2.15. The zero-order valence-corrected chi connectivity index (χ0v) is 23.5. The summed E-state index contributed by atoms with van der Waals surface area (Å²) < 4.78 is 27.2. The van der Waals surface area contributed by atoms with E-state index in [1.165, 1.54) is 32.6 Å². The molecule has 2 amide bonds. The molecule has 0 bridgehead atoms. The standard InChI is InChI=1S/C25H44N2O12/c1-17(38-21(5)33)23(16-37-20(4)32)39-25(22(26-18(2)30)15-36-19(3)31)35-14-8-6-7-9-24(34)27(10-12-28)11-13-29/h17,22-23,25,28-29H,6-16H2,1-5H3,(H,26,30)/t17-,22+,23?,25?/m1/s1. The molecule has 0 heterocycles. The normalized spacial score (nSPS) is 13.9.